The fourth-order valence-electron chi connectivity index (χ4n) is 5.01. The van der Waals surface area contributed by atoms with Gasteiger partial charge in [-0.3, -0.25) is 9.59 Å². The molecule has 1 saturated heterocycles. The molecule has 0 saturated carbocycles. The number of anilines is 1. The van der Waals surface area contributed by atoms with Gasteiger partial charge in [0.1, 0.15) is 5.75 Å². The maximum absolute atomic E-state index is 13.9. The Labute approximate surface area is 233 Å². The fourth-order valence-corrected chi connectivity index (χ4v) is 5.27. The van der Waals surface area contributed by atoms with Gasteiger partial charge < -0.3 is 19.9 Å². The van der Waals surface area contributed by atoms with Crippen LogP contribution in [0.1, 0.15) is 60.9 Å². The van der Waals surface area contributed by atoms with Crippen molar-refractivity contribution >= 4 is 29.1 Å². The van der Waals surface area contributed by atoms with E-state index in [2.05, 4.69) is 12.2 Å². The molecule has 1 N–H and O–H groups in total. The average Bonchev–Trinajstić information content (AvgIpc) is 2.88. The Kier molecular flexibility index (Phi) is 10.5. The molecule has 2 aromatic carbocycles. The molecule has 2 atom stereocenters. The molecule has 3 rings (SSSR count). The number of hydrogen-bond acceptors (Lipinski definition) is 4. The maximum Gasteiger partial charge on any atom is 0.404 e. The molecule has 0 bridgehead atoms. The number of likely N-dealkylation sites (tertiary alicyclic amines) is 1. The van der Waals surface area contributed by atoms with Crippen LogP contribution in [0.25, 0.3) is 0 Å². The summed E-state index contributed by atoms with van der Waals surface area (Å²) in [6.45, 7) is 2.72. The first kappa shape index (κ1) is 30.6. The summed E-state index contributed by atoms with van der Waals surface area (Å²) >= 11 is 6.30. The van der Waals surface area contributed by atoms with E-state index < -0.39 is 18.0 Å². The summed E-state index contributed by atoms with van der Waals surface area (Å²) in [5, 5.41) is 3.81. The van der Waals surface area contributed by atoms with Gasteiger partial charge in [-0.2, -0.15) is 13.2 Å². The van der Waals surface area contributed by atoms with E-state index in [1.54, 1.807) is 32.3 Å². The minimum absolute atomic E-state index is 0.101. The third-order valence-electron chi connectivity index (χ3n) is 7.20. The molecule has 1 heterocycles. The molecule has 2 aromatic rings. The van der Waals surface area contributed by atoms with Crippen molar-refractivity contribution in [3.8, 4) is 5.75 Å². The zero-order valence-corrected chi connectivity index (χ0v) is 23.6. The van der Waals surface area contributed by atoms with E-state index in [4.69, 9.17) is 16.3 Å². The summed E-state index contributed by atoms with van der Waals surface area (Å²) in [4.78, 5) is 28.0. The van der Waals surface area contributed by atoms with Crippen molar-refractivity contribution in [3.05, 3.63) is 58.6 Å². The zero-order valence-electron chi connectivity index (χ0n) is 22.9. The smallest absolute Gasteiger partial charge is 0.404 e. The summed E-state index contributed by atoms with van der Waals surface area (Å²) < 4.78 is 46.8. The van der Waals surface area contributed by atoms with Gasteiger partial charge in [-0.05, 0) is 68.0 Å². The monoisotopic (exact) mass is 567 g/mol. The van der Waals surface area contributed by atoms with Crippen LogP contribution in [0.4, 0.5) is 18.9 Å². The first-order valence-electron chi connectivity index (χ1n) is 13.2. The lowest BCUT2D eigenvalue weighted by Crippen LogP contribution is -2.44. The van der Waals surface area contributed by atoms with E-state index in [1.165, 1.54) is 35.1 Å². The van der Waals surface area contributed by atoms with Gasteiger partial charge in [-0.1, -0.05) is 36.6 Å². The largest absolute Gasteiger partial charge is 0.497 e. The number of halogens is 4. The fraction of sp³-hybridized carbons (Fsp3) is 0.517. The highest BCUT2D eigenvalue weighted by Gasteiger charge is 2.48. The van der Waals surface area contributed by atoms with Crippen molar-refractivity contribution in [1.82, 2.24) is 9.80 Å². The second kappa shape index (κ2) is 13.4. The van der Waals surface area contributed by atoms with E-state index in [9.17, 15) is 22.8 Å². The number of ether oxygens (including phenoxy) is 1. The van der Waals surface area contributed by atoms with Gasteiger partial charge in [0.15, 0.2) is 5.92 Å². The van der Waals surface area contributed by atoms with Gasteiger partial charge in [0.2, 0.25) is 5.91 Å². The van der Waals surface area contributed by atoms with Gasteiger partial charge >= 0.3 is 6.18 Å². The van der Waals surface area contributed by atoms with Gasteiger partial charge in [0.05, 0.1) is 17.7 Å². The highest BCUT2D eigenvalue weighted by Crippen LogP contribution is 2.38. The Bertz CT molecular complexity index is 1130. The predicted molar refractivity (Wildman–Crippen MR) is 147 cm³/mol. The second-order valence-corrected chi connectivity index (χ2v) is 10.8. The summed E-state index contributed by atoms with van der Waals surface area (Å²) in [6.07, 6.45) is -0.506. The van der Waals surface area contributed by atoms with Crippen LogP contribution in [0.15, 0.2) is 42.5 Å². The topological polar surface area (TPSA) is 61.9 Å². The number of nitrogens with one attached hydrogen (secondary N) is 1. The molecule has 1 aliphatic rings. The molecule has 214 valence electrons. The Morgan fingerprint density at radius 1 is 1.15 bits per heavy atom. The second-order valence-electron chi connectivity index (χ2n) is 10.4. The van der Waals surface area contributed by atoms with Crippen LogP contribution in [0.3, 0.4) is 0 Å². The third-order valence-corrected chi connectivity index (χ3v) is 7.51. The third kappa shape index (κ3) is 8.27. The Hall–Kier alpha value is -2.94. The molecule has 6 nitrogen and oxygen atoms in total. The zero-order chi connectivity index (χ0) is 28.7. The number of rotatable bonds is 10. The minimum atomic E-state index is -4.68. The van der Waals surface area contributed by atoms with Crippen molar-refractivity contribution in [2.45, 2.75) is 57.2 Å². The van der Waals surface area contributed by atoms with E-state index >= 15 is 0 Å². The van der Waals surface area contributed by atoms with Crippen molar-refractivity contribution in [3.63, 3.8) is 0 Å². The van der Waals surface area contributed by atoms with Crippen molar-refractivity contribution in [1.29, 1.82) is 0 Å². The van der Waals surface area contributed by atoms with Gasteiger partial charge in [0.25, 0.3) is 5.91 Å². The van der Waals surface area contributed by atoms with Crippen LogP contribution < -0.4 is 10.1 Å². The highest BCUT2D eigenvalue weighted by molar-refractivity contribution is 6.34. The molecule has 0 spiro atoms. The number of piperidine rings is 1. The summed E-state index contributed by atoms with van der Waals surface area (Å²) in [5.74, 6) is -2.59. The molecule has 0 radical (unpaired) electrons. The van der Waals surface area contributed by atoms with E-state index in [0.717, 1.165) is 24.9 Å². The van der Waals surface area contributed by atoms with Crippen molar-refractivity contribution < 1.29 is 27.5 Å². The molecule has 1 fully saturated rings. The molecular formula is C29H37ClF3N3O3. The molecule has 0 aromatic heterocycles. The first-order chi connectivity index (χ1) is 18.4. The lowest BCUT2D eigenvalue weighted by molar-refractivity contribution is -0.172. The molecule has 0 aliphatic carbocycles. The number of amides is 2. The number of carbonyl (C=O) groups excluding carboxylic acids is 2. The predicted octanol–water partition coefficient (Wildman–Crippen LogP) is 6.61. The number of hydrogen-bond donors (Lipinski definition) is 1. The van der Waals surface area contributed by atoms with Crippen molar-refractivity contribution in [2.75, 3.05) is 39.6 Å². The standard InChI is InChI=1S/C29H37ClF3N3O3/c1-19(34-22-11-12-24(25(30)18-22)27(37)35(2)3)7-5-8-20-13-15-36(16-14-20)28(38)26(29(31,32)33)21-9-6-10-23(17-21)39-4/h6,9-12,17-20,26,34H,5,7-8,13-16H2,1-4H3/t19-,26?/m0/s1. The van der Waals surface area contributed by atoms with Crippen LogP contribution in [0, 0.1) is 5.92 Å². The Balaban J connectivity index is 1.47. The van der Waals surface area contributed by atoms with Crippen LogP contribution in [0.2, 0.25) is 5.02 Å². The number of alkyl halides is 3. The molecule has 1 aliphatic heterocycles. The van der Waals surface area contributed by atoms with Crippen molar-refractivity contribution in [2.24, 2.45) is 5.92 Å². The normalized spacial score (nSPS) is 15.9. The first-order valence-corrected chi connectivity index (χ1v) is 13.6. The summed E-state index contributed by atoms with van der Waals surface area (Å²) in [7, 11) is 4.74. The molecule has 1 unspecified atom stereocenters. The average molecular weight is 568 g/mol. The minimum Gasteiger partial charge on any atom is -0.497 e. The summed E-state index contributed by atoms with van der Waals surface area (Å²) in [5.41, 5.74) is 1.19. The molecule has 10 heteroatoms. The number of carbonyl (C=O) groups is 2. The van der Waals surface area contributed by atoms with Crippen LogP contribution in [-0.4, -0.2) is 68.1 Å². The Morgan fingerprint density at radius 2 is 1.85 bits per heavy atom. The van der Waals surface area contributed by atoms with E-state index in [0.29, 0.717) is 42.4 Å². The highest BCUT2D eigenvalue weighted by atomic mass is 35.5. The van der Waals surface area contributed by atoms with Crippen LogP contribution in [0.5, 0.6) is 5.75 Å². The van der Waals surface area contributed by atoms with Gasteiger partial charge in [-0.15, -0.1) is 0 Å². The number of nitrogens with zero attached hydrogens (tertiary/aromatic N) is 2. The molecule has 39 heavy (non-hydrogen) atoms. The van der Waals surface area contributed by atoms with E-state index in [1.807, 2.05) is 6.07 Å². The number of benzene rings is 2. The van der Waals surface area contributed by atoms with E-state index in [-0.39, 0.29) is 23.3 Å². The summed E-state index contributed by atoms with van der Waals surface area (Å²) in [6, 6.07) is 11.1. The molecular weight excluding hydrogens is 531 g/mol. The van der Waals surface area contributed by atoms with Crippen LogP contribution in [-0.2, 0) is 4.79 Å². The lowest BCUT2D eigenvalue weighted by Gasteiger charge is -2.35. The van der Waals surface area contributed by atoms with Crippen LogP contribution >= 0.6 is 11.6 Å². The van der Waals surface area contributed by atoms with Gasteiger partial charge in [-0.25, -0.2) is 0 Å². The molecule has 2 amide bonds. The number of methoxy groups -OCH3 is 1. The van der Waals surface area contributed by atoms with Gasteiger partial charge in [0, 0.05) is 38.9 Å². The maximum atomic E-state index is 13.9. The SMILES string of the molecule is COc1cccc(C(C(=O)N2CCC(CCC[C@H](C)Nc3ccc(C(=O)N(C)C)c(Cl)c3)CC2)C(F)(F)F)c1. The Morgan fingerprint density at radius 3 is 2.44 bits per heavy atom. The lowest BCUT2D eigenvalue weighted by atomic mass is 9.89. The quantitative estimate of drug-likeness (QED) is 0.351.